The molecule has 0 saturated carbocycles. The van der Waals surface area contributed by atoms with Crippen LogP contribution in [-0.2, 0) is 6.54 Å². The van der Waals surface area contributed by atoms with Gasteiger partial charge in [-0.15, -0.1) is 24.0 Å². The highest BCUT2D eigenvalue weighted by Crippen LogP contribution is 2.25. The fourth-order valence-electron chi connectivity index (χ4n) is 2.44. The monoisotopic (exact) mass is 467 g/mol. The first-order chi connectivity index (χ1) is 11.2. The Bertz CT molecular complexity index is 525. The van der Waals surface area contributed by atoms with Crippen molar-refractivity contribution in [2.24, 2.45) is 4.99 Å². The van der Waals surface area contributed by atoms with Gasteiger partial charge in [0.25, 0.3) is 0 Å². The van der Waals surface area contributed by atoms with E-state index < -0.39 is 0 Å². The van der Waals surface area contributed by atoms with Gasteiger partial charge in [-0.3, -0.25) is 0 Å². The molecule has 1 fully saturated rings. The van der Waals surface area contributed by atoms with Gasteiger partial charge in [-0.25, -0.2) is 9.38 Å². The van der Waals surface area contributed by atoms with E-state index in [1.807, 2.05) is 31.7 Å². The average molecular weight is 467 g/mol. The number of guanidine groups is 1. The van der Waals surface area contributed by atoms with Crippen LogP contribution in [0.3, 0.4) is 0 Å². The minimum absolute atomic E-state index is 0. The summed E-state index contributed by atoms with van der Waals surface area (Å²) in [7, 11) is 0. The van der Waals surface area contributed by atoms with E-state index in [1.54, 1.807) is 6.07 Å². The Hall–Kier alpha value is -0.700. The van der Waals surface area contributed by atoms with Gasteiger partial charge in [-0.05, 0) is 50.1 Å². The summed E-state index contributed by atoms with van der Waals surface area (Å²) < 4.78 is 19.1. The molecule has 0 spiro atoms. The van der Waals surface area contributed by atoms with Gasteiger partial charge in [0.05, 0.1) is 13.2 Å². The van der Waals surface area contributed by atoms with Crippen LogP contribution < -0.4 is 15.4 Å². The second-order valence-corrected chi connectivity index (χ2v) is 6.82. The summed E-state index contributed by atoms with van der Waals surface area (Å²) >= 11 is 2.02. The van der Waals surface area contributed by atoms with Gasteiger partial charge < -0.3 is 15.4 Å². The molecule has 0 bridgehead atoms. The van der Waals surface area contributed by atoms with E-state index in [1.165, 1.54) is 24.7 Å². The van der Waals surface area contributed by atoms with Crippen LogP contribution in [0.25, 0.3) is 0 Å². The first-order valence-corrected chi connectivity index (χ1v) is 9.32. The molecule has 0 aliphatic carbocycles. The summed E-state index contributed by atoms with van der Waals surface area (Å²) in [5.74, 6) is 2.00. The molecule has 1 aromatic rings. The molecule has 2 rings (SSSR count). The summed E-state index contributed by atoms with van der Waals surface area (Å²) in [5.41, 5.74) is 0.832. The number of halogens is 2. The van der Waals surface area contributed by atoms with Crippen molar-refractivity contribution in [1.29, 1.82) is 0 Å². The lowest BCUT2D eigenvalue weighted by Gasteiger charge is -2.14. The zero-order chi connectivity index (χ0) is 16.5. The van der Waals surface area contributed by atoms with Crippen molar-refractivity contribution >= 4 is 41.7 Å². The molecule has 0 radical (unpaired) electrons. The molecule has 1 aliphatic rings. The smallest absolute Gasteiger partial charge is 0.191 e. The molecule has 1 atom stereocenters. The zero-order valence-corrected chi connectivity index (χ0v) is 17.5. The molecule has 136 valence electrons. The van der Waals surface area contributed by atoms with Crippen LogP contribution in [0.1, 0.15) is 32.3 Å². The average Bonchev–Trinajstić information content (AvgIpc) is 3.06. The normalized spacial score (nSPS) is 17.3. The van der Waals surface area contributed by atoms with Crippen molar-refractivity contribution in [1.82, 2.24) is 10.6 Å². The number of hydrogen-bond donors (Lipinski definition) is 2. The highest BCUT2D eigenvalue weighted by atomic mass is 127. The molecule has 7 heteroatoms. The Kier molecular flexibility index (Phi) is 10.5. The number of benzene rings is 1. The lowest BCUT2D eigenvalue weighted by molar-refractivity contribution is 0.321. The van der Waals surface area contributed by atoms with Crippen LogP contribution in [0.4, 0.5) is 4.39 Å². The van der Waals surface area contributed by atoms with Gasteiger partial charge in [0.2, 0.25) is 0 Å². The van der Waals surface area contributed by atoms with Crippen LogP contribution >= 0.6 is 35.7 Å². The molecule has 1 unspecified atom stereocenters. The van der Waals surface area contributed by atoms with E-state index in [0.717, 1.165) is 24.6 Å². The van der Waals surface area contributed by atoms with Crippen LogP contribution in [0.5, 0.6) is 5.75 Å². The topological polar surface area (TPSA) is 45.7 Å². The second-order valence-electron chi connectivity index (χ2n) is 5.41. The molecule has 1 aliphatic heterocycles. The summed E-state index contributed by atoms with van der Waals surface area (Å²) in [6.45, 7) is 6.51. The quantitative estimate of drug-likeness (QED) is 0.364. The molecule has 4 nitrogen and oxygen atoms in total. The largest absolute Gasteiger partial charge is 0.491 e. The first kappa shape index (κ1) is 21.3. The summed E-state index contributed by atoms with van der Waals surface area (Å²) in [4.78, 5) is 4.54. The number of rotatable bonds is 7. The molecule has 2 N–H and O–H groups in total. The Morgan fingerprint density at radius 3 is 2.83 bits per heavy atom. The predicted octanol–water partition coefficient (Wildman–Crippen LogP) is 3.79. The molecular weight excluding hydrogens is 440 g/mol. The van der Waals surface area contributed by atoms with E-state index >= 15 is 0 Å². The van der Waals surface area contributed by atoms with E-state index in [2.05, 4.69) is 15.6 Å². The van der Waals surface area contributed by atoms with E-state index in [4.69, 9.17) is 4.74 Å². The maximum absolute atomic E-state index is 13.9. The van der Waals surface area contributed by atoms with E-state index in [0.29, 0.717) is 24.2 Å². The van der Waals surface area contributed by atoms with Crippen molar-refractivity contribution in [3.63, 3.8) is 0 Å². The number of hydrogen-bond acceptors (Lipinski definition) is 3. The third-order valence-corrected chi connectivity index (χ3v) is 4.98. The Morgan fingerprint density at radius 1 is 1.38 bits per heavy atom. The van der Waals surface area contributed by atoms with Crippen molar-refractivity contribution in [3.8, 4) is 5.75 Å². The summed E-state index contributed by atoms with van der Waals surface area (Å²) in [5, 5.41) is 7.28. The lowest BCUT2D eigenvalue weighted by Crippen LogP contribution is -2.40. The van der Waals surface area contributed by atoms with Crippen molar-refractivity contribution < 1.29 is 9.13 Å². The van der Waals surface area contributed by atoms with E-state index in [-0.39, 0.29) is 29.8 Å². The number of aliphatic imine (C=N–C) groups is 1. The molecule has 1 aromatic carbocycles. The minimum Gasteiger partial charge on any atom is -0.491 e. The van der Waals surface area contributed by atoms with Crippen LogP contribution in [-0.4, -0.2) is 36.7 Å². The SMILES string of the molecule is CCNC(=NCc1ccc(OCC)c(F)c1)NCC1CCCS1.I. The molecule has 1 saturated heterocycles. The van der Waals surface area contributed by atoms with Crippen molar-refractivity contribution in [2.45, 2.75) is 38.5 Å². The van der Waals surface area contributed by atoms with Gasteiger partial charge >= 0.3 is 0 Å². The van der Waals surface area contributed by atoms with Gasteiger partial charge in [0, 0.05) is 18.3 Å². The summed E-state index contributed by atoms with van der Waals surface area (Å²) in [6.07, 6.45) is 2.57. The number of thioether (sulfide) groups is 1. The standard InChI is InChI=1S/C17H26FN3OS.HI/c1-3-19-17(21-12-14-6-5-9-23-14)20-11-13-7-8-16(22-4-2)15(18)10-13;/h7-8,10,14H,3-6,9,11-12H2,1-2H3,(H2,19,20,21);1H. The third-order valence-electron chi connectivity index (χ3n) is 3.58. The molecule has 0 aromatic heterocycles. The molecule has 0 amide bonds. The fourth-order valence-corrected chi connectivity index (χ4v) is 3.64. The van der Waals surface area contributed by atoms with Gasteiger partial charge in [-0.2, -0.15) is 11.8 Å². The number of nitrogens with zero attached hydrogens (tertiary/aromatic N) is 1. The van der Waals surface area contributed by atoms with Crippen LogP contribution in [0, 0.1) is 5.82 Å². The second kappa shape index (κ2) is 11.8. The zero-order valence-electron chi connectivity index (χ0n) is 14.3. The minimum atomic E-state index is -0.333. The highest BCUT2D eigenvalue weighted by Gasteiger charge is 2.15. The predicted molar refractivity (Wildman–Crippen MR) is 111 cm³/mol. The molecular formula is C17H27FIN3OS. The van der Waals surface area contributed by atoms with Gasteiger partial charge in [0.15, 0.2) is 17.5 Å². The number of nitrogens with one attached hydrogen (secondary N) is 2. The Morgan fingerprint density at radius 2 is 2.21 bits per heavy atom. The first-order valence-electron chi connectivity index (χ1n) is 8.28. The Labute approximate surface area is 165 Å². The lowest BCUT2D eigenvalue weighted by atomic mass is 10.2. The van der Waals surface area contributed by atoms with Crippen LogP contribution in [0.2, 0.25) is 0 Å². The van der Waals surface area contributed by atoms with Crippen molar-refractivity contribution in [2.75, 3.05) is 25.4 Å². The van der Waals surface area contributed by atoms with Crippen molar-refractivity contribution in [3.05, 3.63) is 29.6 Å². The van der Waals surface area contributed by atoms with Crippen LogP contribution in [0.15, 0.2) is 23.2 Å². The Balaban J connectivity index is 0.00000288. The summed E-state index contributed by atoms with van der Waals surface area (Å²) in [6, 6.07) is 5.01. The van der Waals surface area contributed by atoms with Gasteiger partial charge in [0.1, 0.15) is 0 Å². The fraction of sp³-hybridized carbons (Fsp3) is 0.588. The molecule has 1 heterocycles. The third kappa shape index (κ3) is 7.04. The highest BCUT2D eigenvalue weighted by molar-refractivity contribution is 14.0. The maximum Gasteiger partial charge on any atom is 0.191 e. The number of ether oxygens (including phenoxy) is 1. The van der Waals surface area contributed by atoms with Gasteiger partial charge in [-0.1, -0.05) is 6.07 Å². The molecule has 24 heavy (non-hydrogen) atoms. The maximum atomic E-state index is 13.9. The van der Waals surface area contributed by atoms with E-state index in [9.17, 15) is 4.39 Å².